The van der Waals surface area contributed by atoms with Crippen LogP contribution in [0.4, 0.5) is 13.2 Å². The first-order valence-corrected chi connectivity index (χ1v) is 11.9. The summed E-state index contributed by atoms with van der Waals surface area (Å²) in [4.78, 5) is 24.7. The molecule has 2 atom stereocenters. The number of halogens is 3. The van der Waals surface area contributed by atoms with Crippen molar-refractivity contribution >= 4 is 22.6 Å². The minimum absolute atomic E-state index is 0.0200. The molecule has 37 heavy (non-hydrogen) atoms. The number of ether oxygens (including phenoxy) is 2. The largest absolute Gasteiger partial charge is 0.462 e. The Morgan fingerprint density at radius 1 is 1.03 bits per heavy atom. The third kappa shape index (κ3) is 7.93. The van der Waals surface area contributed by atoms with Crippen molar-refractivity contribution in [2.75, 3.05) is 13.2 Å². The second-order valence-corrected chi connectivity index (χ2v) is 8.71. The number of esters is 1. The highest BCUT2D eigenvalue weighted by molar-refractivity contribution is 6.00. The molecule has 0 spiro atoms. The second kappa shape index (κ2) is 12.6. The molecule has 3 aromatic rings. The fourth-order valence-corrected chi connectivity index (χ4v) is 3.61. The average molecular weight is 518 g/mol. The minimum Gasteiger partial charge on any atom is -0.462 e. The minimum atomic E-state index is -4.43. The van der Waals surface area contributed by atoms with Gasteiger partial charge in [-0.05, 0) is 80.2 Å². The number of alkyl halides is 3. The van der Waals surface area contributed by atoms with Crippen molar-refractivity contribution in [1.29, 1.82) is 0 Å². The molecular formula is C27H30F3N3O4. The van der Waals surface area contributed by atoms with Gasteiger partial charge in [0, 0.05) is 10.9 Å². The van der Waals surface area contributed by atoms with Crippen molar-refractivity contribution in [2.45, 2.75) is 44.4 Å². The highest BCUT2D eigenvalue weighted by Gasteiger charge is 2.30. The van der Waals surface area contributed by atoms with Gasteiger partial charge >= 0.3 is 12.1 Å². The zero-order chi connectivity index (χ0) is 27.0. The number of nitrogens with one attached hydrogen (secondary N) is 1. The van der Waals surface area contributed by atoms with Gasteiger partial charge in [-0.1, -0.05) is 18.6 Å². The third-order valence-corrected chi connectivity index (χ3v) is 5.64. The van der Waals surface area contributed by atoms with Gasteiger partial charge in [0.05, 0.1) is 11.6 Å². The smallest absolute Gasteiger partial charge is 0.416 e. The van der Waals surface area contributed by atoms with Gasteiger partial charge in [0.25, 0.3) is 5.91 Å². The molecule has 0 saturated carbocycles. The van der Waals surface area contributed by atoms with E-state index in [1.165, 1.54) is 12.1 Å². The summed E-state index contributed by atoms with van der Waals surface area (Å²) in [5.74, 6) is -0.187. The normalized spacial score (nSPS) is 13.1. The van der Waals surface area contributed by atoms with Gasteiger partial charge in [-0.2, -0.15) is 13.2 Å². The van der Waals surface area contributed by atoms with E-state index < -0.39 is 29.8 Å². The van der Waals surface area contributed by atoms with E-state index in [9.17, 15) is 22.8 Å². The van der Waals surface area contributed by atoms with Crippen LogP contribution in [-0.4, -0.2) is 37.1 Å². The van der Waals surface area contributed by atoms with Crippen molar-refractivity contribution in [1.82, 2.24) is 5.32 Å². The van der Waals surface area contributed by atoms with E-state index in [4.69, 9.17) is 20.9 Å². The number of fused-ring (bicyclic) bond motifs is 1. The lowest BCUT2D eigenvalue weighted by molar-refractivity contribution is -0.146. The molecule has 0 unspecified atom stereocenters. The number of amides is 1. The molecule has 198 valence electrons. The summed E-state index contributed by atoms with van der Waals surface area (Å²) in [7, 11) is 0. The topological polar surface area (TPSA) is 117 Å². The van der Waals surface area contributed by atoms with Gasteiger partial charge in [0.2, 0.25) is 0 Å². The number of rotatable bonds is 11. The first-order chi connectivity index (χ1) is 17.6. The lowest BCUT2D eigenvalue weighted by Gasteiger charge is -2.17. The Bertz CT molecular complexity index is 1220. The van der Waals surface area contributed by atoms with E-state index in [2.05, 4.69) is 5.32 Å². The zero-order valence-electron chi connectivity index (χ0n) is 20.4. The number of unbranched alkanes of at least 4 members (excludes halogenated alkanes) is 1. The Morgan fingerprint density at radius 2 is 1.76 bits per heavy atom. The summed E-state index contributed by atoms with van der Waals surface area (Å²) in [5, 5.41) is 4.18. The van der Waals surface area contributed by atoms with E-state index in [-0.39, 0.29) is 18.3 Å². The summed E-state index contributed by atoms with van der Waals surface area (Å²) in [6.45, 7) is 2.23. The number of nitrogens with two attached hydrogens (primary N) is 2. The molecule has 0 heterocycles. The van der Waals surface area contributed by atoms with Crippen LogP contribution in [0.3, 0.4) is 0 Å². The Balaban J connectivity index is 1.61. The number of carbonyl (C=O) groups excluding carboxylic acids is 2. The predicted octanol–water partition coefficient (Wildman–Crippen LogP) is 4.77. The lowest BCUT2D eigenvalue weighted by Crippen LogP contribution is -2.39. The van der Waals surface area contributed by atoms with E-state index in [0.717, 1.165) is 25.0 Å². The molecule has 3 rings (SSSR count). The standard InChI is InChI=1S/C27H30F3N3O4/c1-17(16-36-26(35)23(32)6-2-3-14-31)33-25(34)19-8-13-22-18(15-19)5-4-7-24(22)37-21-11-9-20(10-12-21)27(28,29)30/h4-5,7-13,15,17,23H,2-3,6,14,16,31-32H2,1H3,(H,33,34)/t17-,23+/m1/s1. The first kappa shape index (κ1) is 27.9. The quantitative estimate of drug-likeness (QED) is 0.249. The van der Waals surface area contributed by atoms with Crippen LogP contribution in [0.5, 0.6) is 11.5 Å². The second-order valence-electron chi connectivity index (χ2n) is 8.71. The summed E-state index contributed by atoms with van der Waals surface area (Å²) in [5.41, 5.74) is 10.9. The Morgan fingerprint density at radius 3 is 2.43 bits per heavy atom. The maximum atomic E-state index is 12.8. The molecule has 0 fully saturated rings. The molecule has 7 nitrogen and oxygen atoms in total. The van der Waals surface area contributed by atoms with Crippen LogP contribution in [0.15, 0.2) is 60.7 Å². The van der Waals surface area contributed by atoms with Crippen LogP contribution in [0.25, 0.3) is 10.8 Å². The average Bonchev–Trinajstić information content (AvgIpc) is 2.87. The lowest BCUT2D eigenvalue weighted by atomic mass is 10.1. The van der Waals surface area contributed by atoms with Gasteiger partial charge in [-0.3, -0.25) is 9.59 Å². The van der Waals surface area contributed by atoms with E-state index in [1.807, 2.05) is 0 Å². The highest BCUT2D eigenvalue weighted by Crippen LogP contribution is 2.33. The van der Waals surface area contributed by atoms with Crippen LogP contribution in [0.1, 0.15) is 42.1 Å². The molecule has 0 radical (unpaired) electrons. The molecule has 0 aliphatic carbocycles. The van der Waals surface area contributed by atoms with Crippen molar-refractivity contribution in [3.63, 3.8) is 0 Å². The highest BCUT2D eigenvalue weighted by atomic mass is 19.4. The molecular weight excluding hydrogens is 487 g/mol. The van der Waals surface area contributed by atoms with Gasteiger partial charge in [-0.25, -0.2) is 0 Å². The zero-order valence-corrected chi connectivity index (χ0v) is 20.4. The van der Waals surface area contributed by atoms with Crippen molar-refractivity contribution in [3.8, 4) is 11.5 Å². The summed E-state index contributed by atoms with van der Waals surface area (Å²) >= 11 is 0. The Hall–Kier alpha value is -3.63. The van der Waals surface area contributed by atoms with E-state index in [0.29, 0.717) is 35.1 Å². The fourth-order valence-electron chi connectivity index (χ4n) is 3.61. The molecule has 5 N–H and O–H groups in total. The van der Waals surface area contributed by atoms with Crippen LogP contribution in [-0.2, 0) is 15.7 Å². The summed E-state index contributed by atoms with van der Waals surface area (Å²) < 4.78 is 49.4. The third-order valence-electron chi connectivity index (χ3n) is 5.64. The first-order valence-electron chi connectivity index (χ1n) is 11.9. The monoisotopic (exact) mass is 517 g/mol. The molecule has 0 bridgehead atoms. The Kier molecular flexibility index (Phi) is 9.48. The van der Waals surface area contributed by atoms with Crippen LogP contribution < -0.4 is 21.5 Å². The van der Waals surface area contributed by atoms with Gasteiger partial charge in [0.15, 0.2) is 0 Å². The Labute approximate surface area is 212 Å². The number of carbonyl (C=O) groups is 2. The number of hydrogen-bond donors (Lipinski definition) is 3. The maximum absolute atomic E-state index is 12.8. The summed E-state index contributed by atoms with van der Waals surface area (Å²) in [6, 6.07) is 13.5. The molecule has 1 amide bonds. The van der Waals surface area contributed by atoms with Crippen LogP contribution >= 0.6 is 0 Å². The van der Waals surface area contributed by atoms with E-state index >= 15 is 0 Å². The number of hydrogen-bond acceptors (Lipinski definition) is 6. The number of benzene rings is 3. The summed E-state index contributed by atoms with van der Waals surface area (Å²) in [6.07, 6.45) is -2.43. The fraction of sp³-hybridized carbons (Fsp3) is 0.333. The molecule has 3 aromatic carbocycles. The van der Waals surface area contributed by atoms with Crippen molar-refractivity contribution < 1.29 is 32.2 Å². The molecule has 10 heteroatoms. The molecule has 0 saturated heterocycles. The molecule has 0 aliphatic heterocycles. The molecule has 0 aliphatic rings. The van der Waals surface area contributed by atoms with Crippen LogP contribution in [0, 0.1) is 0 Å². The maximum Gasteiger partial charge on any atom is 0.416 e. The van der Waals surface area contributed by atoms with Crippen LogP contribution in [0.2, 0.25) is 0 Å². The van der Waals surface area contributed by atoms with E-state index in [1.54, 1.807) is 43.3 Å². The van der Waals surface area contributed by atoms with Gasteiger partial charge in [0.1, 0.15) is 24.1 Å². The van der Waals surface area contributed by atoms with Gasteiger partial charge in [-0.15, -0.1) is 0 Å². The van der Waals surface area contributed by atoms with Crippen molar-refractivity contribution in [2.24, 2.45) is 11.5 Å². The van der Waals surface area contributed by atoms with Gasteiger partial charge < -0.3 is 26.3 Å². The van der Waals surface area contributed by atoms with Crippen molar-refractivity contribution in [3.05, 3.63) is 71.8 Å². The molecule has 0 aromatic heterocycles. The predicted molar refractivity (Wildman–Crippen MR) is 134 cm³/mol. The SMILES string of the molecule is C[C@H](COC(=O)[C@@H](N)CCCCN)NC(=O)c1ccc2c(Oc3ccc(C(F)(F)F)cc3)cccc2c1.